The Morgan fingerprint density at radius 3 is 2.10 bits per heavy atom. The van der Waals surface area contributed by atoms with Crippen LogP contribution in [0.3, 0.4) is 0 Å². The van der Waals surface area contributed by atoms with E-state index in [9.17, 15) is 9.90 Å². The van der Waals surface area contributed by atoms with Gasteiger partial charge in [-0.15, -0.1) is 40.5 Å². The number of carbonyl (C=O) groups is 1. The summed E-state index contributed by atoms with van der Waals surface area (Å²) >= 11 is 1.86. The maximum atomic E-state index is 11.7. The maximum absolute atomic E-state index is 11.7. The van der Waals surface area contributed by atoms with Crippen LogP contribution in [0.5, 0.6) is 0 Å². The SMILES string of the molecule is CCC(CC)C(=O)/C=C(\O)C(CC)CC.Cc1c(-c2ccc([Si](C)(C)C)cc2)sc2c(-c3[c-]c4cccc(C)c4c(C(C)C)c3)nccc12.[Ir]. The Balaban J connectivity index is 0.000000361. The third-order valence-corrected chi connectivity index (χ3v) is 13.4. The molecule has 2 aromatic heterocycles. The van der Waals surface area contributed by atoms with Crippen molar-refractivity contribution in [1.29, 1.82) is 0 Å². The summed E-state index contributed by atoms with van der Waals surface area (Å²) in [5.41, 5.74) is 7.45. The quantitative estimate of drug-likeness (QED) is 0.0622. The maximum Gasteiger partial charge on any atom is 0.162 e. The zero-order valence-corrected chi connectivity index (χ0v) is 36.2. The van der Waals surface area contributed by atoms with Crippen molar-refractivity contribution in [3.8, 4) is 21.7 Å². The van der Waals surface area contributed by atoms with E-state index in [1.807, 2.05) is 45.2 Å². The molecule has 5 rings (SSSR count). The van der Waals surface area contributed by atoms with Crippen LogP contribution in [0.1, 0.15) is 89.8 Å². The van der Waals surface area contributed by atoms with E-state index in [2.05, 4.69) is 108 Å². The average molecular weight is 883 g/mol. The van der Waals surface area contributed by atoms with E-state index >= 15 is 0 Å². The number of pyridine rings is 1. The zero-order chi connectivity index (χ0) is 36.0. The summed E-state index contributed by atoms with van der Waals surface area (Å²) in [7, 11) is -1.31. The molecule has 6 heteroatoms. The second-order valence-corrected chi connectivity index (χ2v) is 20.8. The van der Waals surface area contributed by atoms with Gasteiger partial charge in [-0.3, -0.25) is 9.78 Å². The molecule has 0 amide bonds. The van der Waals surface area contributed by atoms with Gasteiger partial charge in [0.15, 0.2) is 5.78 Å². The van der Waals surface area contributed by atoms with Gasteiger partial charge >= 0.3 is 0 Å². The average Bonchev–Trinajstić information content (AvgIpc) is 3.41. The first-order valence-electron chi connectivity index (χ1n) is 18.1. The van der Waals surface area contributed by atoms with Crippen LogP contribution in [0.15, 0.2) is 72.6 Å². The van der Waals surface area contributed by atoms with Gasteiger partial charge in [-0.1, -0.05) is 119 Å². The van der Waals surface area contributed by atoms with Crippen LogP contribution >= 0.6 is 11.3 Å². The number of hydrogen-bond acceptors (Lipinski definition) is 4. The Hall–Kier alpha value is -2.89. The number of carbonyl (C=O) groups excluding carboxylic acids is 1. The fourth-order valence-corrected chi connectivity index (χ4v) is 9.14. The summed E-state index contributed by atoms with van der Waals surface area (Å²) in [6.07, 6.45) is 6.86. The summed E-state index contributed by atoms with van der Waals surface area (Å²) in [6, 6.07) is 24.0. The van der Waals surface area contributed by atoms with Crippen LogP contribution in [-0.2, 0) is 24.9 Å². The van der Waals surface area contributed by atoms with Crippen molar-refractivity contribution >= 4 is 51.2 Å². The van der Waals surface area contributed by atoms with E-state index in [0.717, 1.165) is 36.9 Å². The molecule has 50 heavy (non-hydrogen) atoms. The molecule has 3 aromatic carbocycles. The topological polar surface area (TPSA) is 50.2 Å². The van der Waals surface area contributed by atoms with Crippen LogP contribution < -0.4 is 5.19 Å². The molecule has 0 saturated carbocycles. The Bertz CT molecular complexity index is 1930. The van der Waals surface area contributed by atoms with E-state index in [0.29, 0.717) is 5.92 Å². The number of aryl methyl sites for hydroxylation is 2. The van der Waals surface area contributed by atoms with E-state index in [-0.39, 0.29) is 43.5 Å². The van der Waals surface area contributed by atoms with Crippen molar-refractivity contribution in [3.63, 3.8) is 0 Å². The minimum atomic E-state index is -1.31. The van der Waals surface area contributed by atoms with Crippen LogP contribution in [-0.4, -0.2) is 23.9 Å². The van der Waals surface area contributed by atoms with Crippen LogP contribution in [0, 0.1) is 31.7 Å². The molecule has 1 N–H and O–H groups in total. The Morgan fingerprint density at radius 2 is 1.54 bits per heavy atom. The molecule has 269 valence electrons. The van der Waals surface area contributed by atoms with Crippen molar-refractivity contribution in [2.75, 3.05) is 0 Å². The molecule has 0 atom stereocenters. The zero-order valence-electron chi connectivity index (χ0n) is 32.0. The van der Waals surface area contributed by atoms with Crippen molar-refractivity contribution in [2.45, 2.75) is 107 Å². The van der Waals surface area contributed by atoms with E-state index in [4.69, 9.17) is 4.98 Å². The van der Waals surface area contributed by atoms with Gasteiger partial charge < -0.3 is 5.11 Å². The van der Waals surface area contributed by atoms with Crippen LogP contribution in [0.25, 0.3) is 42.6 Å². The summed E-state index contributed by atoms with van der Waals surface area (Å²) in [6.45, 7) is 24.3. The van der Waals surface area contributed by atoms with Crippen molar-refractivity contribution in [2.24, 2.45) is 11.8 Å². The monoisotopic (exact) mass is 883 g/mol. The molecule has 0 bridgehead atoms. The number of nitrogens with zero attached hydrogens (tertiary/aromatic N) is 1. The fourth-order valence-electron chi connectivity index (χ4n) is 6.66. The third-order valence-electron chi connectivity index (χ3n) is 9.96. The summed E-state index contributed by atoms with van der Waals surface area (Å²) in [4.78, 5) is 17.9. The molecule has 0 saturated heterocycles. The van der Waals surface area contributed by atoms with Crippen LogP contribution in [0.4, 0.5) is 0 Å². The third kappa shape index (κ3) is 9.31. The predicted molar refractivity (Wildman–Crippen MR) is 217 cm³/mol. The molecule has 0 unspecified atom stereocenters. The van der Waals surface area contributed by atoms with E-state index < -0.39 is 8.07 Å². The van der Waals surface area contributed by atoms with Gasteiger partial charge in [-0.05, 0) is 68.0 Å². The molecule has 2 heterocycles. The molecular weight excluding hydrogens is 827 g/mol. The van der Waals surface area contributed by atoms with Gasteiger partial charge in [-0.2, -0.15) is 0 Å². The van der Waals surface area contributed by atoms with Gasteiger partial charge in [0.25, 0.3) is 0 Å². The number of rotatable bonds is 11. The smallest absolute Gasteiger partial charge is 0.162 e. The second kappa shape index (κ2) is 18.0. The number of allylic oxidation sites excluding steroid dienone is 2. The van der Waals surface area contributed by atoms with Crippen molar-refractivity contribution in [1.82, 2.24) is 4.98 Å². The number of aliphatic hydroxyl groups is 1. The number of fused-ring (bicyclic) bond motifs is 2. The molecule has 3 nitrogen and oxygen atoms in total. The first-order chi connectivity index (χ1) is 23.2. The Morgan fingerprint density at radius 1 is 0.920 bits per heavy atom. The van der Waals surface area contributed by atoms with Gasteiger partial charge in [0, 0.05) is 59.5 Å². The molecule has 0 spiro atoms. The minimum absolute atomic E-state index is 0. The van der Waals surface area contributed by atoms with Gasteiger partial charge in [0.1, 0.15) is 0 Å². The summed E-state index contributed by atoms with van der Waals surface area (Å²) in [5.74, 6) is 0.979. The van der Waals surface area contributed by atoms with Gasteiger partial charge in [-0.25, -0.2) is 0 Å². The standard InChI is InChI=1S/C31H32NSSi.C13H24O2.Ir/c1-19(2)27-18-24(17-23-10-8-9-20(3)28(23)27)29-31-26(15-16-32-29)21(4)30(33-31)22-11-13-25(14-12-22)34(5,6)7;1-5-10(6-2)12(14)9-13(15)11(7-3)8-4;/h8-16,18-19H,1-7H3;9-11,14H,5-8H2,1-4H3;/q-1;;/b;12-9-;. The Kier molecular flexibility index (Phi) is 15.0. The molecule has 5 aromatic rings. The number of thiophene rings is 1. The van der Waals surface area contributed by atoms with E-state index in [1.165, 1.54) is 59.3 Å². The van der Waals surface area contributed by atoms with Crippen molar-refractivity contribution in [3.05, 3.63) is 95.4 Å². The summed E-state index contributed by atoms with van der Waals surface area (Å²) in [5, 5.41) is 15.1. The fraction of sp³-hybridized carbons (Fsp3) is 0.409. The second-order valence-electron chi connectivity index (χ2n) is 14.7. The number of hydrogen-bond donors (Lipinski definition) is 1. The van der Waals surface area contributed by atoms with Gasteiger partial charge in [0.05, 0.1) is 13.8 Å². The molecule has 0 fully saturated rings. The molecule has 0 aliphatic heterocycles. The first kappa shape index (κ1) is 41.5. The molecule has 0 aliphatic rings. The van der Waals surface area contributed by atoms with Gasteiger partial charge in [0.2, 0.25) is 0 Å². The van der Waals surface area contributed by atoms with Crippen LogP contribution in [0.2, 0.25) is 19.6 Å². The summed E-state index contributed by atoms with van der Waals surface area (Å²) < 4.78 is 1.25. The molecule has 0 aliphatic carbocycles. The number of ketones is 1. The minimum Gasteiger partial charge on any atom is -0.512 e. The largest absolute Gasteiger partial charge is 0.512 e. The molecule has 1 radical (unpaired) electrons. The normalized spacial score (nSPS) is 12.1. The van der Waals surface area contributed by atoms with E-state index in [1.54, 1.807) is 0 Å². The predicted octanol–water partition coefficient (Wildman–Crippen LogP) is 12.7. The first-order valence-corrected chi connectivity index (χ1v) is 22.5. The number of aromatic nitrogens is 1. The number of aliphatic hydroxyl groups excluding tert-OH is 1. The van der Waals surface area contributed by atoms with Crippen molar-refractivity contribution < 1.29 is 30.0 Å². The Labute approximate surface area is 320 Å². The number of benzene rings is 3. The molecular formula is C44H56IrNO2SSi-.